The second kappa shape index (κ2) is 5.32. The predicted molar refractivity (Wildman–Crippen MR) is 75.2 cm³/mol. The number of benzene rings is 1. The standard InChI is InChI=1S/C14H15BrN2/c1-10-7-14(9-16-8-10)17-11(2)12-3-5-13(15)6-4-12/h3-9,11,17H,1-2H3. The normalized spacial score (nSPS) is 12.2. The Balaban J connectivity index is 2.11. The maximum absolute atomic E-state index is 4.18. The largest absolute Gasteiger partial charge is 0.377 e. The van der Waals surface area contributed by atoms with E-state index in [1.165, 1.54) is 5.56 Å². The van der Waals surface area contributed by atoms with Crippen molar-refractivity contribution in [2.24, 2.45) is 0 Å². The molecular formula is C14H15BrN2. The van der Waals surface area contributed by atoms with Gasteiger partial charge in [0.15, 0.2) is 0 Å². The molecule has 17 heavy (non-hydrogen) atoms. The smallest absolute Gasteiger partial charge is 0.0534 e. The number of nitrogens with one attached hydrogen (secondary N) is 1. The highest BCUT2D eigenvalue weighted by atomic mass is 79.9. The molecule has 0 saturated heterocycles. The fourth-order valence-corrected chi connectivity index (χ4v) is 1.98. The highest BCUT2D eigenvalue weighted by Gasteiger charge is 2.05. The van der Waals surface area contributed by atoms with Crippen LogP contribution in [0.5, 0.6) is 0 Å². The van der Waals surface area contributed by atoms with Gasteiger partial charge in [-0.2, -0.15) is 0 Å². The summed E-state index contributed by atoms with van der Waals surface area (Å²) in [6.45, 7) is 4.19. The van der Waals surface area contributed by atoms with Crippen LogP contribution in [0.3, 0.4) is 0 Å². The first-order chi connectivity index (χ1) is 8.15. The van der Waals surface area contributed by atoms with Crippen molar-refractivity contribution in [2.75, 3.05) is 5.32 Å². The third-order valence-corrected chi connectivity index (χ3v) is 3.16. The first-order valence-corrected chi connectivity index (χ1v) is 6.38. The fourth-order valence-electron chi connectivity index (χ4n) is 1.72. The van der Waals surface area contributed by atoms with E-state index in [9.17, 15) is 0 Å². The second-order valence-corrected chi connectivity index (χ2v) is 5.08. The molecule has 2 aromatic rings. The number of pyridine rings is 1. The summed E-state index contributed by atoms with van der Waals surface area (Å²) in [6.07, 6.45) is 3.71. The van der Waals surface area contributed by atoms with Gasteiger partial charge in [0.1, 0.15) is 0 Å². The number of aromatic nitrogens is 1. The van der Waals surface area contributed by atoms with Crippen LogP contribution in [-0.2, 0) is 0 Å². The van der Waals surface area contributed by atoms with E-state index >= 15 is 0 Å². The number of rotatable bonds is 3. The van der Waals surface area contributed by atoms with Crippen LogP contribution in [0.25, 0.3) is 0 Å². The Labute approximate surface area is 110 Å². The van der Waals surface area contributed by atoms with Crippen molar-refractivity contribution in [2.45, 2.75) is 19.9 Å². The minimum Gasteiger partial charge on any atom is -0.377 e. The van der Waals surface area contributed by atoms with Gasteiger partial charge in [-0.05, 0) is 43.2 Å². The van der Waals surface area contributed by atoms with Gasteiger partial charge >= 0.3 is 0 Å². The molecule has 0 amide bonds. The van der Waals surface area contributed by atoms with E-state index in [1.54, 1.807) is 0 Å². The number of hydrogen-bond donors (Lipinski definition) is 1. The van der Waals surface area contributed by atoms with Crippen LogP contribution in [0, 0.1) is 6.92 Å². The van der Waals surface area contributed by atoms with E-state index in [2.05, 4.69) is 63.5 Å². The predicted octanol–water partition coefficient (Wildman–Crippen LogP) is 4.33. The highest BCUT2D eigenvalue weighted by Crippen LogP contribution is 2.20. The maximum atomic E-state index is 4.18. The number of hydrogen-bond acceptors (Lipinski definition) is 2. The zero-order valence-electron chi connectivity index (χ0n) is 9.94. The van der Waals surface area contributed by atoms with Gasteiger partial charge in [-0.3, -0.25) is 4.98 Å². The molecule has 0 bridgehead atoms. The fraction of sp³-hybridized carbons (Fsp3) is 0.214. The quantitative estimate of drug-likeness (QED) is 0.910. The van der Waals surface area contributed by atoms with E-state index < -0.39 is 0 Å². The van der Waals surface area contributed by atoms with Crippen molar-refractivity contribution in [3.63, 3.8) is 0 Å². The van der Waals surface area contributed by atoms with Crippen molar-refractivity contribution in [3.8, 4) is 0 Å². The average Bonchev–Trinajstić information content (AvgIpc) is 2.29. The lowest BCUT2D eigenvalue weighted by atomic mass is 10.1. The van der Waals surface area contributed by atoms with Crippen molar-refractivity contribution < 1.29 is 0 Å². The summed E-state index contributed by atoms with van der Waals surface area (Å²) in [5.41, 5.74) is 3.48. The molecule has 3 heteroatoms. The van der Waals surface area contributed by atoms with Gasteiger partial charge in [-0.1, -0.05) is 28.1 Å². The molecule has 88 valence electrons. The SMILES string of the molecule is Cc1cncc(NC(C)c2ccc(Br)cc2)c1. The first kappa shape index (κ1) is 12.1. The summed E-state index contributed by atoms with van der Waals surface area (Å²) in [6, 6.07) is 10.7. The van der Waals surface area contributed by atoms with Gasteiger partial charge in [0.05, 0.1) is 5.69 Å². The van der Waals surface area contributed by atoms with E-state index in [0.717, 1.165) is 15.7 Å². The molecule has 0 spiro atoms. The molecule has 2 rings (SSSR count). The van der Waals surface area contributed by atoms with E-state index in [-0.39, 0.29) is 6.04 Å². The van der Waals surface area contributed by atoms with Crippen LogP contribution >= 0.6 is 15.9 Å². The van der Waals surface area contributed by atoms with Gasteiger partial charge in [0.25, 0.3) is 0 Å². The van der Waals surface area contributed by atoms with Crippen LogP contribution in [0.4, 0.5) is 5.69 Å². The zero-order valence-corrected chi connectivity index (χ0v) is 11.5. The van der Waals surface area contributed by atoms with Crippen molar-refractivity contribution >= 4 is 21.6 Å². The Morgan fingerprint density at radius 3 is 2.53 bits per heavy atom. The van der Waals surface area contributed by atoms with Gasteiger partial charge in [0.2, 0.25) is 0 Å². The molecule has 1 aromatic heterocycles. The molecule has 1 aromatic carbocycles. The van der Waals surface area contributed by atoms with Gasteiger partial charge in [0, 0.05) is 22.9 Å². The first-order valence-electron chi connectivity index (χ1n) is 5.59. The molecule has 1 N–H and O–H groups in total. The molecule has 0 aliphatic heterocycles. The third kappa shape index (κ3) is 3.30. The molecule has 1 unspecified atom stereocenters. The van der Waals surface area contributed by atoms with Crippen molar-refractivity contribution in [3.05, 3.63) is 58.3 Å². The van der Waals surface area contributed by atoms with Gasteiger partial charge in [-0.15, -0.1) is 0 Å². The van der Waals surface area contributed by atoms with Crippen LogP contribution in [0.15, 0.2) is 47.2 Å². The lowest BCUT2D eigenvalue weighted by molar-refractivity contribution is 0.882. The Morgan fingerprint density at radius 1 is 1.18 bits per heavy atom. The number of halogens is 1. The topological polar surface area (TPSA) is 24.9 Å². The zero-order chi connectivity index (χ0) is 12.3. The molecule has 0 aliphatic carbocycles. The molecule has 0 fully saturated rings. The summed E-state index contributed by atoms with van der Waals surface area (Å²) >= 11 is 3.44. The van der Waals surface area contributed by atoms with Crippen LogP contribution in [-0.4, -0.2) is 4.98 Å². The van der Waals surface area contributed by atoms with Crippen LogP contribution in [0.1, 0.15) is 24.1 Å². The Kier molecular flexibility index (Phi) is 3.79. The summed E-state index contributed by atoms with van der Waals surface area (Å²) in [4.78, 5) is 4.18. The van der Waals surface area contributed by atoms with E-state index in [0.29, 0.717) is 0 Å². The van der Waals surface area contributed by atoms with Gasteiger partial charge in [-0.25, -0.2) is 0 Å². The monoisotopic (exact) mass is 290 g/mol. The average molecular weight is 291 g/mol. The van der Waals surface area contributed by atoms with Crippen LogP contribution in [0.2, 0.25) is 0 Å². The molecule has 0 aliphatic rings. The summed E-state index contributed by atoms with van der Waals surface area (Å²) in [5, 5.41) is 3.44. The Morgan fingerprint density at radius 2 is 1.88 bits per heavy atom. The Bertz CT molecular complexity index is 494. The van der Waals surface area contributed by atoms with Crippen molar-refractivity contribution in [1.29, 1.82) is 0 Å². The van der Waals surface area contributed by atoms with Gasteiger partial charge < -0.3 is 5.32 Å². The summed E-state index contributed by atoms with van der Waals surface area (Å²) in [7, 11) is 0. The molecule has 0 saturated carbocycles. The second-order valence-electron chi connectivity index (χ2n) is 4.17. The maximum Gasteiger partial charge on any atom is 0.0534 e. The van der Waals surface area contributed by atoms with Crippen molar-refractivity contribution in [1.82, 2.24) is 4.98 Å². The third-order valence-electron chi connectivity index (χ3n) is 2.63. The molecule has 0 radical (unpaired) electrons. The number of nitrogens with zero attached hydrogens (tertiary/aromatic N) is 1. The molecule has 2 nitrogen and oxygen atoms in total. The van der Waals surface area contributed by atoms with E-state index in [4.69, 9.17) is 0 Å². The minimum atomic E-state index is 0.270. The van der Waals surface area contributed by atoms with Crippen LogP contribution < -0.4 is 5.32 Å². The van der Waals surface area contributed by atoms with E-state index in [1.807, 2.05) is 19.3 Å². The lowest BCUT2D eigenvalue weighted by Crippen LogP contribution is -2.06. The molecule has 1 heterocycles. The highest BCUT2D eigenvalue weighted by molar-refractivity contribution is 9.10. The number of aryl methyl sites for hydroxylation is 1. The summed E-state index contributed by atoms with van der Waals surface area (Å²) in [5.74, 6) is 0. The molecule has 1 atom stereocenters. The number of anilines is 1. The Hall–Kier alpha value is -1.35. The molecular weight excluding hydrogens is 276 g/mol. The summed E-state index contributed by atoms with van der Waals surface area (Å²) < 4.78 is 1.10. The minimum absolute atomic E-state index is 0.270. The lowest BCUT2D eigenvalue weighted by Gasteiger charge is -2.15.